The molecule has 106 valence electrons. The molecule has 2 aromatic carbocycles. The molecule has 0 amide bonds. The molecule has 20 heavy (non-hydrogen) atoms. The number of nitrogens with one attached hydrogen (secondary N) is 1. The number of ether oxygens (including phenoxy) is 2. The highest BCUT2D eigenvalue weighted by Crippen LogP contribution is 2.26. The van der Waals surface area contributed by atoms with E-state index in [0.717, 1.165) is 23.7 Å². The second-order valence-electron chi connectivity index (χ2n) is 4.81. The predicted molar refractivity (Wildman–Crippen MR) is 82.8 cm³/mol. The van der Waals surface area contributed by atoms with E-state index in [9.17, 15) is 0 Å². The molecule has 2 rings (SSSR count). The first-order valence-electron chi connectivity index (χ1n) is 6.66. The van der Waals surface area contributed by atoms with E-state index in [1.807, 2.05) is 18.2 Å². The highest BCUT2D eigenvalue weighted by atomic mass is 16.5. The summed E-state index contributed by atoms with van der Waals surface area (Å²) in [6.07, 6.45) is 0. The molecule has 0 heterocycles. The summed E-state index contributed by atoms with van der Waals surface area (Å²) in [5.74, 6) is 1.57. The monoisotopic (exact) mass is 271 g/mol. The first kappa shape index (κ1) is 14.3. The maximum absolute atomic E-state index is 5.27. The fourth-order valence-corrected chi connectivity index (χ4v) is 2.11. The van der Waals surface area contributed by atoms with Gasteiger partial charge in [-0.3, -0.25) is 0 Å². The Bertz CT molecular complexity index is 571. The molecule has 0 aliphatic heterocycles. The Morgan fingerprint density at radius 1 is 0.950 bits per heavy atom. The second kappa shape index (κ2) is 6.33. The number of hydrogen-bond donors (Lipinski definition) is 1. The summed E-state index contributed by atoms with van der Waals surface area (Å²) >= 11 is 0. The van der Waals surface area contributed by atoms with Gasteiger partial charge in [0.05, 0.1) is 14.2 Å². The Morgan fingerprint density at radius 3 is 2.20 bits per heavy atom. The lowest BCUT2D eigenvalue weighted by Crippen LogP contribution is -2.02. The molecule has 1 N–H and O–H groups in total. The quantitative estimate of drug-likeness (QED) is 0.893. The minimum atomic E-state index is 0.782. The number of rotatable bonds is 5. The number of aryl methyl sites for hydroxylation is 1. The van der Waals surface area contributed by atoms with Gasteiger partial charge in [-0.25, -0.2) is 0 Å². The molecule has 3 heteroatoms. The van der Waals surface area contributed by atoms with Gasteiger partial charge in [0.2, 0.25) is 0 Å². The zero-order chi connectivity index (χ0) is 14.5. The molecule has 3 nitrogen and oxygen atoms in total. The summed E-state index contributed by atoms with van der Waals surface area (Å²) in [5, 5.41) is 3.42. The zero-order valence-electron chi connectivity index (χ0n) is 12.5. The van der Waals surface area contributed by atoms with Gasteiger partial charge in [0.15, 0.2) is 0 Å². The van der Waals surface area contributed by atoms with Gasteiger partial charge in [-0.1, -0.05) is 18.2 Å². The van der Waals surface area contributed by atoms with Crippen molar-refractivity contribution >= 4 is 5.69 Å². The van der Waals surface area contributed by atoms with Crippen LogP contribution in [0, 0.1) is 13.8 Å². The van der Waals surface area contributed by atoms with Crippen LogP contribution in [0.15, 0.2) is 36.4 Å². The summed E-state index contributed by atoms with van der Waals surface area (Å²) in [7, 11) is 3.31. The van der Waals surface area contributed by atoms with E-state index >= 15 is 0 Å². The van der Waals surface area contributed by atoms with Gasteiger partial charge in [-0.2, -0.15) is 0 Å². The Balaban J connectivity index is 2.16. The van der Waals surface area contributed by atoms with Crippen molar-refractivity contribution in [1.29, 1.82) is 0 Å². The smallest absolute Gasteiger partial charge is 0.124 e. The van der Waals surface area contributed by atoms with Gasteiger partial charge >= 0.3 is 0 Å². The molecule has 0 aliphatic rings. The average molecular weight is 271 g/mol. The normalized spacial score (nSPS) is 10.2. The van der Waals surface area contributed by atoms with E-state index in [0.29, 0.717) is 0 Å². The minimum absolute atomic E-state index is 0.782. The molecule has 0 saturated carbocycles. The molecule has 0 unspecified atom stereocenters. The molecule has 0 bridgehead atoms. The van der Waals surface area contributed by atoms with Crippen LogP contribution in [0.3, 0.4) is 0 Å². The lowest BCUT2D eigenvalue weighted by Gasteiger charge is -2.13. The fraction of sp³-hybridized carbons (Fsp3) is 0.294. The van der Waals surface area contributed by atoms with E-state index in [1.54, 1.807) is 14.2 Å². The Morgan fingerprint density at radius 2 is 1.60 bits per heavy atom. The van der Waals surface area contributed by atoms with Crippen LogP contribution in [0.2, 0.25) is 0 Å². The van der Waals surface area contributed by atoms with Crippen LogP contribution in [-0.2, 0) is 6.54 Å². The lowest BCUT2D eigenvalue weighted by atomic mass is 10.0. The van der Waals surface area contributed by atoms with Crippen molar-refractivity contribution < 1.29 is 9.47 Å². The van der Waals surface area contributed by atoms with Crippen molar-refractivity contribution in [3.8, 4) is 11.5 Å². The maximum atomic E-state index is 5.27. The first-order valence-corrected chi connectivity index (χ1v) is 6.66. The van der Waals surface area contributed by atoms with Gasteiger partial charge in [0, 0.05) is 30.4 Å². The second-order valence-corrected chi connectivity index (χ2v) is 4.81. The van der Waals surface area contributed by atoms with Crippen molar-refractivity contribution in [2.24, 2.45) is 0 Å². The Labute approximate surface area is 120 Å². The van der Waals surface area contributed by atoms with Gasteiger partial charge in [-0.15, -0.1) is 0 Å². The van der Waals surface area contributed by atoms with Crippen LogP contribution < -0.4 is 14.8 Å². The van der Waals surface area contributed by atoms with Gasteiger partial charge in [0.1, 0.15) is 11.5 Å². The van der Waals surface area contributed by atoms with E-state index in [-0.39, 0.29) is 0 Å². The molecule has 0 saturated heterocycles. The number of methoxy groups -OCH3 is 2. The minimum Gasteiger partial charge on any atom is -0.497 e. The zero-order valence-corrected chi connectivity index (χ0v) is 12.5. The highest BCUT2D eigenvalue weighted by Gasteiger charge is 2.04. The molecule has 0 aromatic heterocycles. The van der Waals surface area contributed by atoms with Gasteiger partial charge in [0.25, 0.3) is 0 Å². The number of benzene rings is 2. The van der Waals surface area contributed by atoms with Crippen LogP contribution in [0.4, 0.5) is 5.69 Å². The van der Waals surface area contributed by atoms with Crippen LogP contribution in [-0.4, -0.2) is 14.2 Å². The Hall–Kier alpha value is -2.16. The molecular weight excluding hydrogens is 250 g/mol. The number of anilines is 1. The van der Waals surface area contributed by atoms with Crippen molar-refractivity contribution in [3.05, 3.63) is 53.1 Å². The topological polar surface area (TPSA) is 30.5 Å². The molecular formula is C17H21NO2. The summed E-state index contributed by atoms with van der Waals surface area (Å²) in [6, 6.07) is 12.2. The molecule has 0 radical (unpaired) electrons. The van der Waals surface area contributed by atoms with Crippen molar-refractivity contribution in [2.45, 2.75) is 20.4 Å². The molecule has 0 atom stereocenters. The third kappa shape index (κ3) is 3.23. The van der Waals surface area contributed by atoms with E-state index in [4.69, 9.17) is 9.47 Å². The standard InChI is InChI=1S/C17H21NO2/c1-12-6-5-7-14(13(12)2)11-18-15-8-16(19-3)10-17(9-15)20-4/h5-10,18H,11H2,1-4H3. The van der Waals surface area contributed by atoms with Crippen LogP contribution in [0.25, 0.3) is 0 Å². The molecule has 2 aromatic rings. The summed E-state index contributed by atoms with van der Waals surface area (Å²) < 4.78 is 10.5. The van der Waals surface area contributed by atoms with E-state index < -0.39 is 0 Å². The third-order valence-electron chi connectivity index (χ3n) is 3.55. The maximum Gasteiger partial charge on any atom is 0.124 e. The third-order valence-corrected chi connectivity index (χ3v) is 3.55. The van der Waals surface area contributed by atoms with Gasteiger partial charge < -0.3 is 14.8 Å². The van der Waals surface area contributed by atoms with Crippen molar-refractivity contribution in [2.75, 3.05) is 19.5 Å². The fourth-order valence-electron chi connectivity index (χ4n) is 2.11. The van der Waals surface area contributed by atoms with Crippen molar-refractivity contribution in [3.63, 3.8) is 0 Å². The summed E-state index contributed by atoms with van der Waals surface area (Å²) in [6.45, 7) is 5.07. The van der Waals surface area contributed by atoms with Crippen LogP contribution >= 0.6 is 0 Å². The van der Waals surface area contributed by atoms with Crippen molar-refractivity contribution in [1.82, 2.24) is 0 Å². The van der Waals surface area contributed by atoms with Gasteiger partial charge in [-0.05, 0) is 30.5 Å². The molecule has 0 spiro atoms. The average Bonchev–Trinajstić information content (AvgIpc) is 2.48. The number of hydrogen-bond acceptors (Lipinski definition) is 3. The lowest BCUT2D eigenvalue weighted by molar-refractivity contribution is 0.394. The predicted octanol–water partition coefficient (Wildman–Crippen LogP) is 3.93. The first-order chi connectivity index (χ1) is 9.63. The largest absolute Gasteiger partial charge is 0.497 e. The van der Waals surface area contributed by atoms with Crippen LogP contribution in [0.5, 0.6) is 11.5 Å². The molecule has 0 fully saturated rings. The SMILES string of the molecule is COc1cc(NCc2cccc(C)c2C)cc(OC)c1. The van der Waals surface area contributed by atoms with E-state index in [2.05, 4.69) is 37.4 Å². The Kier molecular flexibility index (Phi) is 4.51. The summed E-state index contributed by atoms with van der Waals surface area (Å²) in [4.78, 5) is 0. The summed E-state index contributed by atoms with van der Waals surface area (Å²) in [5.41, 5.74) is 4.93. The highest BCUT2D eigenvalue weighted by molar-refractivity contribution is 5.54. The van der Waals surface area contributed by atoms with Crippen LogP contribution in [0.1, 0.15) is 16.7 Å². The molecule has 0 aliphatic carbocycles. The van der Waals surface area contributed by atoms with E-state index in [1.165, 1.54) is 16.7 Å².